The summed E-state index contributed by atoms with van der Waals surface area (Å²) in [5.74, 6) is -0.00979. The smallest absolute Gasteiger partial charge is 0.227 e. The van der Waals surface area contributed by atoms with Crippen LogP contribution >= 0.6 is 11.8 Å². The summed E-state index contributed by atoms with van der Waals surface area (Å²) in [5, 5.41) is 3.47. The van der Waals surface area contributed by atoms with Crippen LogP contribution in [0.3, 0.4) is 0 Å². The fraction of sp³-hybridized carbons (Fsp3) is 0.500. The number of hydrogen-bond acceptors (Lipinski definition) is 3. The van der Waals surface area contributed by atoms with Gasteiger partial charge in [-0.3, -0.25) is 4.79 Å². The Bertz CT molecular complexity index is 376. The van der Waals surface area contributed by atoms with Crippen LogP contribution in [0.5, 0.6) is 0 Å². The molecule has 1 aromatic rings. The molecule has 0 aliphatic heterocycles. The van der Waals surface area contributed by atoms with Gasteiger partial charge in [-0.05, 0) is 37.2 Å². The lowest BCUT2D eigenvalue weighted by Crippen LogP contribution is -2.22. The number of amides is 1. The minimum Gasteiger partial charge on any atom is -0.330 e. The maximum absolute atomic E-state index is 11.8. The zero-order valence-electron chi connectivity index (χ0n) is 11.3. The molecule has 0 heterocycles. The maximum atomic E-state index is 11.8. The van der Waals surface area contributed by atoms with Crippen LogP contribution in [-0.4, -0.2) is 17.7 Å². The summed E-state index contributed by atoms with van der Waals surface area (Å²) in [7, 11) is 0. The molecule has 0 radical (unpaired) electrons. The second-order valence-corrected chi connectivity index (χ2v) is 6.31. The molecule has 1 aromatic carbocycles. The van der Waals surface area contributed by atoms with Crippen LogP contribution in [0.2, 0.25) is 0 Å². The van der Waals surface area contributed by atoms with Crippen molar-refractivity contribution in [2.75, 3.05) is 11.9 Å². The molecule has 100 valence electrons. The summed E-state index contributed by atoms with van der Waals surface area (Å²) in [6.07, 6.45) is 0.715. The Morgan fingerprint density at radius 2 is 1.89 bits per heavy atom. The largest absolute Gasteiger partial charge is 0.330 e. The summed E-state index contributed by atoms with van der Waals surface area (Å²) < 4.78 is 0. The van der Waals surface area contributed by atoms with E-state index in [0.29, 0.717) is 18.2 Å². The highest BCUT2D eigenvalue weighted by molar-refractivity contribution is 7.99. The highest BCUT2D eigenvalue weighted by atomic mass is 32.2. The number of carbonyl (C=O) groups excluding carboxylic acids is 1. The molecule has 0 aliphatic carbocycles. The number of rotatable bonds is 6. The van der Waals surface area contributed by atoms with Crippen molar-refractivity contribution in [1.82, 2.24) is 0 Å². The number of nitrogens with two attached hydrogens (primary N) is 1. The van der Waals surface area contributed by atoms with Crippen LogP contribution in [0.4, 0.5) is 5.69 Å². The molecule has 1 rings (SSSR count). The molecule has 0 bridgehead atoms. The molecule has 18 heavy (non-hydrogen) atoms. The quantitative estimate of drug-likeness (QED) is 0.778. The van der Waals surface area contributed by atoms with Gasteiger partial charge in [0.05, 0.1) is 0 Å². The molecule has 0 saturated carbocycles. The second-order valence-electron chi connectivity index (χ2n) is 4.66. The number of benzene rings is 1. The van der Waals surface area contributed by atoms with Crippen LogP contribution < -0.4 is 11.1 Å². The van der Waals surface area contributed by atoms with Gasteiger partial charge in [0.15, 0.2) is 0 Å². The topological polar surface area (TPSA) is 55.1 Å². The van der Waals surface area contributed by atoms with Crippen molar-refractivity contribution in [2.24, 2.45) is 11.7 Å². The zero-order valence-corrected chi connectivity index (χ0v) is 12.1. The first-order chi connectivity index (χ1) is 8.52. The normalized spacial score (nSPS) is 12.5. The molecule has 0 fully saturated rings. The number of thioether (sulfide) groups is 1. The van der Waals surface area contributed by atoms with Gasteiger partial charge in [0.25, 0.3) is 0 Å². The Hall–Kier alpha value is -1.00. The van der Waals surface area contributed by atoms with E-state index in [1.165, 1.54) is 4.90 Å². The Kier molecular flexibility index (Phi) is 6.22. The van der Waals surface area contributed by atoms with Gasteiger partial charge >= 0.3 is 0 Å². The van der Waals surface area contributed by atoms with Gasteiger partial charge < -0.3 is 11.1 Å². The fourth-order valence-corrected chi connectivity index (χ4v) is 2.37. The molecule has 0 saturated heterocycles. The van der Waals surface area contributed by atoms with Gasteiger partial charge in [-0.2, -0.15) is 0 Å². The number of carbonyl (C=O) groups is 1. The second kappa shape index (κ2) is 7.44. The average molecular weight is 266 g/mol. The molecule has 3 nitrogen and oxygen atoms in total. The lowest BCUT2D eigenvalue weighted by atomic mass is 10.1. The number of anilines is 1. The molecule has 0 aliphatic rings. The van der Waals surface area contributed by atoms with Crippen molar-refractivity contribution in [3.05, 3.63) is 24.3 Å². The highest BCUT2D eigenvalue weighted by Crippen LogP contribution is 2.24. The van der Waals surface area contributed by atoms with Gasteiger partial charge in [-0.15, -0.1) is 11.8 Å². The standard InChI is InChI=1S/C14H22N2OS/c1-10(2)18-13-6-4-12(5-7-13)16-14(17)11(3)8-9-15/h4-7,10-11H,8-9,15H2,1-3H3,(H,16,17). The lowest BCUT2D eigenvalue weighted by molar-refractivity contribution is -0.119. The van der Waals surface area contributed by atoms with Crippen molar-refractivity contribution < 1.29 is 4.79 Å². The molecule has 4 heteroatoms. The minimum atomic E-state index is -0.0419. The van der Waals surface area contributed by atoms with E-state index in [0.717, 1.165) is 5.69 Å². The number of nitrogens with one attached hydrogen (secondary N) is 1. The van der Waals surface area contributed by atoms with E-state index in [4.69, 9.17) is 5.73 Å². The monoisotopic (exact) mass is 266 g/mol. The van der Waals surface area contributed by atoms with Crippen molar-refractivity contribution in [3.8, 4) is 0 Å². The Balaban J connectivity index is 2.55. The Labute approximate surface area is 114 Å². The van der Waals surface area contributed by atoms with E-state index >= 15 is 0 Å². The lowest BCUT2D eigenvalue weighted by Gasteiger charge is -2.11. The van der Waals surface area contributed by atoms with Crippen molar-refractivity contribution in [1.29, 1.82) is 0 Å². The third-order valence-electron chi connectivity index (χ3n) is 2.54. The van der Waals surface area contributed by atoms with E-state index in [2.05, 4.69) is 19.2 Å². The SMILES string of the molecule is CC(C)Sc1ccc(NC(=O)C(C)CCN)cc1. The van der Waals surface area contributed by atoms with Crippen LogP contribution in [0.1, 0.15) is 27.2 Å². The van der Waals surface area contributed by atoms with Crippen LogP contribution in [0.15, 0.2) is 29.2 Å². The minimum absolute atomic E-state index is 0.0321. The Morgan fingerprint density at radius 1 is 1.28 bits per heavy atom. The van der Waals surface area contributed by atoms with E-state index < -0.39 is 0 Å². The summed E-state index contributed by atoms with van der Waals surface area (Å²) >= 11 is 1.81. The van der Waals surface area contributed by atoms with Gasteiger partial charge in [0.2, 0.25) is 5.91 Å². The molecule has 3 N–H and O–H groups in total. The van der Waals surface area contributed by atoms with Gasteiger partial charge in [0, 0.05) is 21.8 Å². The first-order valence-corrected chi connectivity index (χ1v) is 7.18. The van der Waals surface area contributed by atoms with Crippen molar-refractivity contribution in [2.45, 2.75) is 37.3 Å². The molecule has 0 aromatic heterocycles. The molecular formula is C14H22N2OS. The highest BCUT2D eigenvalue weighted by Gasteiger charge is 2.11. The van der Waals surface area contributed by atoms with E-state index in [1.54, 1.807) is 0 Å². The zero-order chi connectivity index (χ0) is 13.5. The molecule has 0 spiro atoms. The predicted molar refractivity (Wildman–Crippen MR) is 78.9 cm³/mol. The van der Waals surface area contributed by atoms with Crippen LogP contribution in [0, 0.1) is 5.92 Å². The predicted octanol–water partition coefficient (Wildman–Crippen LogP) is 3.11. The average Bonchev–Trinajstić information content (AvgIpc) is 2.31. The van der Waals surface area contributed by atoms with Crippen LogP contribution in [0.25, 0.3) is 0 Å². The third-order valence-corrected chi connectivity index (χ3v) is 3.56. The molecular weight excluding hydrogens is 244 g/mol. The van der Waals surface area contributed by atoms with Crippen molar-refractivity contribution >= 4 is 23.4 Å². The summed E-state index contributed by atoms with van der Waals surface area (Å²) in [5.41, 5.74) is 6.29. The van der Waals surface area contributed by atoms with Crippen molar-refractivity contribution in [3.63, 3.8) is 0 Å². The number of hydrogen-bond donors (Lipinski definition) is 2. The summed E-state index contributed by atoms with van der Waals surface area (Å²) in [4.78, 5) is 13.0. The molecule has 1 amide bonds. The third kappa shape index (κ3) is 5.10. The van der Waals surface area contributed by atoms with E-state index in [9.17, 15) is 4.79 Å². The Morgan fingerprint density at radius 3 is 2.39 bits per heavy atom. The first-order valence-electron chi connectivity index (χ1n) is 6.30. The maximum Gasteiger partial charge on any atom is 0.227 e. The first kappa shape index (κ1) is 15.1. The summed E-state index contributed by atoms with van der Waals surface area (Å²) in [6, 6.07) is 7.96. The van der Waals surface area contributed by atoms with Gasteiger partial charge in [0.1, 0.15) is 0 Å². The molecule has 1 atom stereocenters. The fourth-order valence-electron chi connectivity index (χ4n) is 1.54. The van der Waals surface area contributed by atoms with E-state index in [1.807, 2.05) is 43.0 Å². The van der Waals surface area contributed by atoms with Crippen LogP contribution in [-0.2, 0) is 4.79 Å². The van der Waals surface area contributed by atoms with Gasteiger partial charge in [-0.1, -0.05) is 20.8 Å². The molecule has 1 unspecified atom stereocenters. The van der Waals surface area contributed by atoms with Gasteiger partial charge in [-0.25, -0.2) is 0 Å². The van der Waals surface area contributed by atoms with E-state index in [-0.39, 0.29) is 11.8 Å². The summed E-state index contributed by atoms with van der Waals surface area (Å²) in [6.45, 7) is 6.76.